The molecule has 28 heavy (non-hydrogen) atoms. The van der Waals surface area contributed by atoms with Gasteiger partial charge in [0.15, 0.2) is 17.3 Å². The lowest BCUT2D eigenvalue weighted by atomic mass is 10.1. The van der Waals surface area contributed by atoms with Gasteiger partial charge >= 0.3 is 0 Å². The quantitative estimate of drug-likeness (QED) is 0.565. The second kappa shape index (κ2) is 7.43. The van der Waals surface area contributed by atoms with Crippen molar-refractivity contribution in [2.24, 2.45) is 0 Å². The van der Waals surface area contributed by atoms with Crippen LogP contribution in [-0.4, -0.2) is 20.8 Å². The molecule has 0 aliphatic heterocycles. The van der Waals surface area contributed by atoms with Crippen molar-refractivity contribution in [1.82, 2.24) is 14.9 Å². The van der Waals surface area contributed by atoms with E-state index in [0.717, 1.165) is 5.56 Å². The minimum absolute atomic E-state index is 0.0685. The Morgan fingerprint density at radius 1 is 1.04 bits per heavy atom. The molecule has 0 saturated carbocycles. The van der Waals surface area contributed by atoms with E-state index in [9.17, 15) is 13.6 Å². The monoisotopic (exact) mass is 380 g/mol. The Morgan fingerprint density at radius 3 is 2.64 bits per heavy atom. The van der Waals surface area contributed by atoms with Gasteiger partial charge in [-0.2, -0.15) is 5.10 Å². The average Bonchev–Trinajstić information content (AvgIpc) is 3.32. The Balaban J connectivity index is 1.43. The van der Waals surface area contributed by atoms with E-state index in [1.54, 1.807) is 29.1 Å². The number of nitrogens with zero attached hydrogens (tertiary/aromatic N) is 3. The zero-order chi connectivity index (χ0) is 19.5. The first-order valence-corrected chi connectivity index (χ1v) is 8.39. The molecule has 0 aliphatic carbocycles. The van der Waals surface area contributed by atoms with Crippen LogP contribution in [0.4, 0.5) is 14.6 Å². The number of aromatic nitrogens is 3. The van der Waals surface area contributed by atoms with Gasteiger partial charge in [0.1, 0.15) is 11.6 Å². The van der Waals surface area contributed by atoms with Crippen LogP contribution in [0.2, 0.25) is 0 Å². The lowest BCUT2D eigenvalue weighted by molar-refractivity contribution is 0.101. The van der Waals surface area contributed by atoms with Crippen LogP contribution in [0.5, 0.6) is 0 Å². The highest BCUT2D eigenvalue weighted by atomic mass is 19.1. The van der Waals surface area contributed by atoms with Gasteiger partial charge in [-0.05, 0) is 42.0 Å². The topological polar surface area (TPSA) is 73.0 Å². The van der Waals surface area contributed by atoms with Gasteiger partial charge in [-0.3, -0.25) is 9.48 Å². The molecule has 4 rings (SSSR count). The summed E-state index contributed by atoms with van der Waals surface area (Å²) >= 11 is 0. The fourth-order valence-electron chi connectivity index (χ4n) is 2.65. The number of halogens is 2. The summed E-state index contributed by atoms with van der Waals surface area (Å²) in [5.74, 6) is -0.501. The average molecular weight is 380 g/mol. The summed E-state index contributed by atoms with van der Waals surface area (Å²) in [7, 11) is 0. The van der Waals surface area contributed by atoms with Crippen molar-refractivity contribution < 1.29 is 18.1 Å². The molecule has 2 aromatic carbocycles. The van der Waals surface area contributed by atoms with E-state index < -0.39 is 5.91 Å². The first kappa shape index (κ1) is 17.6. The van der Waals surface area contributed by atoms with E-state index in [1.165, 1.54) is 42.5 Å². The van der Waals surface area contributed by atoms with E-state index in [1.807, 2.05) is 0 Å². The van der Waals surface area contributed by atoms with Gasteiger partial charge in [0.2, 0.25) is 0 Å². The highest BCUT2D eigenvalue weighted by molar-refractivity contribution is 6.02. The highest BCUT2D eigenvalue weighted by Gasteiger charge is 2.15. The summed E-state index contributed by atoms with van der Waals surface area (Å²) < 4.78 is 33.0. The zero-order valence-electron chi connectivity index (χ0n) is 14.5. The maximum absolute atomic E-state index is 13.3. The molecule has 0 fully saturated rings. The molecule has 0 bridgehead atoms. The van der Waals surface area contributed by atoms with Crippen molar-refractivity contribution in [2.75, 3.05) is 5.32 Å². The van der Waals surface area contributed by atoms with Crippen LogP contribution < -0.4 is 5.32 Å². The summed E-state index contributed by atoms with van der Waals surface area (Å²) in [6.45, 7) is 0.367. The third-order valence-corrected chi connectivity index (χ3v) is 3.99. The van der Waals surface area contributed by atoms with E-state index in [0.29, 0.717) is 23.7 Å². The van der Waals surface area contributed by atoms with E-state index >= 15 is 0 Å². The molecule has 1 N–H and O–H groups in total. The molecule has 4 aromatic rings. The Labute approximate surface area is 158 Å². The Morgan fingerprint density at radius 2 is 1.86 bits per heavy atom. The van der Waals surface area contributed by atoms with Gasteiger partial charge in [-0.1, -0.05) is 17.3 Å². The molecule has 0 aliphatic rings. The number of benzene rings is 2. The normalized spacial score (nSPS) is 10.8. The van der Waals surface area contributed by atoms with Crippen molar-refractivity contribution in [3.63, 3.8) is 0 Å². The lowest BCUT2D eigenvalue weighted by Crippen LogP contribution is -2.13. The van der Waals surface area contributed by atoms with Crippen LogP contribution in [0.25, 0.3) is 11.3 Å². The number of carbonyl (C=O) groups excluding carboxylic acids is 1. The van der Waals surface area contributed by atoms with Gasteiger partial charge in [0.05, 0.1) is 6.54 Å². The smallest absolute Gasteiger partial charge is 0.279 e. The number of hydrogen-bond donors (Lipinski definition) is 1. The number of rotatable bonds is 5. The lowest BCUT2D eigenvalue weighted by Gasteiger charge is -2.02. The molecule has 6 nitrogen and oxygen atoms in total. The summed E-state index contributed by atoms with van der Waals surface area (Å²) in [4.78, 5) is 12.3. The molecule has 1 amide bonds. The van der Waals surface area contributed by atoms with Crippen molar-refractivity contribution >= 4 is 11.7 Å². The van der Waals surface area contributed by atoms with Crippen LogP contribution in [0.1, 0.15) is 16.1 Å². The van der Waals surface area contributed by atoms with E-state index in [-0.39, 0.29) is 17.3 Å². The van der Waals surface area contributed by atoms with Gasteiger partial charge in [-0.25, -0.2) is 8.78 Å². The minimum atomic E-state index is -0.492. The fourth-order valence-corrected chi connectivity index (χ4v) is 2.65. The number of carbonyl (C=O) groups is 1. The molecule has 0 radical (unpaired) electrons. The molecule has 140 valence electrons. The van der Waals surface area contributed by atoms with Crippen molar-refractivity contribution in [1.29, 1.82) is 0 Å². The van der Waals surface area contributed by atoms with Crippen LogP contribution in [-0.2, 0) is 6.54 Å². The number of hydrogen-bond acceptors (Lipinski definition) is 4. The van der Waals surface area contributed by atoms with Crippen molar-refractivity contribution in [2.45, 2.75) is 6.54 Å². The third kappa shape index (κ3) is 3.96. The first-order valence-electron chi connectivity index (χ1n) is 8.39. The third-order valence-electron chi connectivity index (χ3n) is 3.99. The highest BCUT2D eigenvalue weighted by Crippen LogP contribution is 2.21. The molecule has 0 unspecified atom stereocenters. The summed E-state index contributed by atoms with van der Waals surface area (Å²) in [6.07, 6.45) is 1.67. The van der Waals surface area contributed by atoms with Gasteiger partial charge in [0, 0.05) is 23.9 Å². The molecular weight excluding hydrogens is 366 g/mol. The first-order chi connectivity index (χ1) is 13.6. The Bertz CT molecular complexity index is 1120. The van der Waals surface area contributed by atoms with Crippen LogP contribution in [0.15, 0.2) is 71.4 Å². The van der Waals surface area contributed by atoms with Crippen LogP contribution in [0.3, 0.4) is 0 Å². The molecule has 2 aromatic heterocycles. The summed E-state index contributed by atoms with van der Waals surface area (Å²) in [5.41, 5.74) is 1.42. The Hall–Kier alpha value is -3.81. The summed E-state index contributed by atoms with van der Waals surface area (Å²) in [6, 6.07) is 14.9. The van der Waals surface area contributed by atoms with Crippen molar-refractivity contribution in [3.05, 3.63) is 89.8 Å². The molecule has 2 heterocycles. The second-order valence-corrected chi connectivity index (χ2v) is 6.07. The molecule has 0 saturated heterocycles. The molecule has 8 heteroatoms. The zero-order valence-corrected chi connectivity index (χ0v) is 14.5. The van der Waals surface area contributed by atoms with Crippen LogP contribution in [0, 0.1) is 11.6 Å². The van der Waals surface area contributed by atoms with E-state index in [4.69, 9.17) is 4.52 Å². The SMILES string of the molecule is O=C(Nc1ccn(Cc2cccc(F)c2)n1)c1cc(-c2ccc(F)cc2)on1. The predicted molar refractivity (Wildman–Crippen MR) is 97.6 cm³/mol. The standard InChI is InChI=1S/C20H14F2N4O2/c21-15-6-4-14(5-7-15)18-11-17(25-28-18)20(27)23-19-8-9-26(24-19)12-13-2-1-3-16(22)10-13/h1-11H,12H2,(H,23,24,27). The van der Waals surface area contributed by atoms with Gasteiger partial charge in [0.25, 0.3) is 5.91 Å². The summed E-state index contributed by atoms with van der Waals surface area (Å²) in [5, 5.41) is 10.6. The molecular formula is C20H14F2N4O2. The number of nitrogens with one attached hydrogen (secondary N) is 1. The fraction of sp³-hybridized carbons (Fsp3) is 0.0500. The maximum Gasteiger partial charge on any atom is 0.279 e. The largest absolute Gasteiger partial charge is 0.355 e. The van der Waals surface area contributed by atoms with Crippen LogP contribution >= 0.6 is 0 Å². The molecule has 0 atom stereocenters. The predicted octanol–water partition coefficient (Wildman–Crippen LogP) is 4.12. The number of anilines is 1. The van der Waals surface area contributed by atoms with Gasteiger partial charge in [-0.15, -0.1) is 0 Å². The molecule has 0 spiro atoms. The van der Waals surface area contributed by atoms with Crippen molar-refractivity contribution in [3.8, 4) is 11.3 Å². The number of amides is 1. The van der Waals surface area contributed by atoms with E-state index in [2.05, 4.69) is 15.6 Å². The second-order valence-electron chi connectivity index (χ2n) is 6.07. The Kier molecular flexibility index (Phi) is 4.67. The van der Waals surface area contributed by atoms with Gasteiger partial charge < -0.3 is 9.84 Å². The minimum Gasteiger partial charge on any atom is -0.355 e. The maximum atomic E-state index is 13.3.